The quantitative estimate of drug-likeness (QED) is 0.664. The molecule has 0 N–H and O–H groups in total. The van der Waals surface area contributed by atoms with Crippen molar-refractivity contribution in [2.45, 2.75) is 0 Å². The maximum Gasteiger partial charge on any atom is 0.187 e. The predicted molar refractivity (Wildman–Crippen MR) is 47.7 cm³/mol. The summed E-state index contributed by atoms with van der Waals surface area (Å²) in [7, 11) is 0. The van der Waals surface area contributed by atoms with Crippen LogP contribution in [0.5, 0.6) is 0 Å². The number of benzene rings is 1. The number of rotatable bonds is 1. The Kier molecular flexibility index (Phi) is 2.29. The van der Waals surface area contributed by atoms with Gasteiger partial charge in [0.1, 0.15) is 5.82 Å². The molecule has 0 bridgehead atoms. The molecule has 2 rings (SSSR count). The van der Waals surface area contributed by atoms with Crippen molar-refractivity contribution < 1.29 is 4.39 Å². The van der Waals surface area contributed by atoms with Gasteiger partial charge in [-0.15, -0.1) is 12.4 Å². The first-order valence-electron chi connectivity index (χ1n) is 3.29. The molecule has 2 aromatic rings. The van der Waals surface area contributed by atoms with Gasteiger partial charge in [0.2, 0.25) is 0 Å². The van der Waals surface area contributed by atoms with E-state index in [-0.39, 0.29) is 23.7 Å². The minimum absolute atomic E-state index is 0. The van der Waals surface area contributed by atoms with E-state index < -0.39 is 0 Å². The molecule has 0 spiro atoms. The molecule has 0 radical (unpaired) electrons. The van der Waals surface area contributed by atoms with Crippen LogP contribution >= 0.6 is 12.4 Å². The summed E-state index contributed by atoms with van der Waals surface area (Å²) in [6.45, 7) is 0. The van der Waals surface area contributed by atoms with Crippen molar-refractivity contribution in [2.75, 3.05) is 0 Å². The van der Waals surface area contributed by atoms with E-state index in [4.69, 9.17) is 0 Å². The largest absolute Gasteiger partial charge is 0.289 e. The van der Waals surface area contributed by atoms with Crippen LogP contribution in [0.25, 0.3) is 11.1 Å². The van der Waals surface area contributed by atoms with Crippen molar-refractivity contribution in [1.29, 1.82) is 0 Å². The summed E-state index contributed by atoms with van der Waals surface area (Å²) < 4.78 is 12.4. The first-order chi connectivity index (χ1) is 5.27. The van der Waals surface area contributed by atoms with Crippen LogP contribution in [0, 0.1) is 5.82 Å². The normalized spacial score (nSPS) is 9.75. The van der Waals surface area contributed by atoms with Gasteiger partial charge in [0, 0.05) is 5.56 Å². The van der Waals surface area contributed by atoms with E-state index in [1.807, 2.05) is 0 Å². The second-order valence-electron chi connectivity index (χ2n) is 2.43. The third kappa shape index (κ3) is 1.53. The van der Waals surface area contributed by atoms with Crippen LogP contribution in [-0.4, -0.2) is 0 Å². The van der Waals surface area contributed by atoms with Crippen molar-refractivity contribution in [2.24, 2.45) is 0 Å². The number of halogens is 2. The molecule has 3 heteroatoms. The second kappa shape index (κ2) is 3.07. The molecule has 0 aromatic heterocycles. The molecule has 0 heterocycles. The van der Waals surface area contributed by atoms with E-state index in [0.717, 1.165) is 5.56 Å². The fourth-order valence-electron chi connectivity index (χ4n) is 0.950. The van der Waals surface area contributed by atoms with Crippen molar-refractivity contribution in [3.05, 3.63) is 46.4 Å². The first-order valence-corrected chi connectivity index (χ1v) is 3.29. The Morgan fingerprint density at radius 3 is 2.00 bits per heavy atom. The van der Waals surface area contributed by atoms with Gasteiger partial charge in [-0.3, -0.25) is 4.79 Å². The summed E-state index contributed by atoms with van der Waals surface area (Å²) in [5.41, 5.74) is 1.55. The van der Waals surface area contributed by atoms with Crippen molar-refractivity contribution in [3.8, 4) is 11.1 Å². The minimum atomic E-state index is -0.276. The Bertz CT molecular complexity index is 384. The third-order valence-electron chi connectivity index (χ3n) is 1.61. The first kappa shape index (κ1) is 8.94. The van der Waals surface area contributed by atoms with Crippen LogP contribution in [-0.2, 0) is 0 Å². The monoisotopic (exact) mass is 184 g/mol. The molecule has 1 nitrogen and oxygen atoms in total. The lowest BCUT2D eigenvalue weighted by molar-refractivity contribution is 0.628. The van der Waals surface area contributed by atoms with Crippen LogP contribution in [0.15, 0.2) is 35.1 Å². The molecular formula is C9H6ClFO. The Morgan fingerprint density at radius 1 is 1.08 bits per heavy atom. The van der Waals surface area contributed by atoms with Gasteiger partial charge in [0.25, 0.3) is 0 Å². The van der Waals surface area contributed by atoms with Gasteiger partial charge in [-0.2, -0.15) is 0 Å². The zero-order valence-corrected chi connectivity index (χ0v) is 6.90. The fourth-order valence-corrected chi connectivity index (χ4v) is 0.950. The molecular weight excluding hydrogens is 179 g/mol. The summed E-state index contributed by atoms with van der Waals surface area (Å²) in [5, 5.41) is 0. The van der Waals surface area contributed by atoms with E-state index in [1.54, 1.807) is 12.1 Å². The molecule has 0 saturated carbocycles. The molecule has 12 heavy (non-hydrogen) atoms. The van der Waals surface area contributed by atoms with Crippen molar-refractivity contribution in [1.82, 2.24) is 0 Å². The topological polar surface area (TPSA) is 17.1 Å². The SMILES string of the molecule is Cl.O=c1cc1-c1ccc(F)cc1. The highest BCUT2D eigenvalue weighted by atomic mass is 35.5. The third-order valence-corrected chi connectivity index (χ3v) is 1.61. The molecule has 2 aromatic carbocycles. The zero-order chi connectivity index (χ0) is 7.84. The van der Waals surface area contributed by atoms with E-state index in [1.165, 1.54) is 18.2 Å². The van der Waals surface area contributed by atoms with Gasteiger partial charge in [0.05, 0.1) is 0 Å². The predicted octanol–water partition coefficient (Wildman–Crippen LogP) is 2.15. The van der Waals surface area contributed by atoms with Gasteiger partial charge in [-0.05, 0) is 23.8 Å². The van der Waals surface area contributed by atoms with Gasteiger partial charge in [-0.25, -0.2) is 4.39 Å². The summed E-state index contributed by atoms with van der Waals surface area (Å²) in [6, 6.07) is 7.44. The molecule has 0 aliphatic rings. The number of hydrogen-bond donors (Lipinski definition) is 0. The highest BCUT2D eigenvalue weighted by Gasteiger charge is 2.09. The summed E-state index contributed by atoms with van der Waals surface area (Å²) in [4.78, 5) is 10.6. The molecule has 0 fully saturated rings. The van der Waals surface area contributed by atoms with Crippen molar-refractivity contribution in [3.63, 3.8) is 0 Å². The maximum absolute atomic E-state index is 12.4. The molecule has 0 atom stereocenters. The minimum Gasteiger partial charge on any atom is -0.289 e. The van der Waals surface area contributed by atoms with Gasteiger partial charge in [-0.1, -0.05) is 12.1 Å². The number of hydrogen-bond acceptors (Lipinski definition) is 1. The Labute approximate surface area is 74.9 Å². The van der Waals surface area contributed by atoms with Crippen LogP contribution in [0.3, 0.4) is 0 Å². The summed E-state index contributed by atoms with van der Waals surface area (Å²) >= 11 is 0. The van der Waals surface area contributed by atoms with Gasteiger partial charge >= 0.3 is 0 Å². The van der Waals surface area contributed by atoms with E-state index >= 15 is 0 Å². The zero-order valence-electron chi connectivity index (χ0n) is 6.08. The molecule has 0 unspecified atom stereocenters. The van der Waals surface area contributed by atoms with E-state index in [2.05, 4.69) is 0 Å². The van der Waals surface area contributed by atoms with Gasteiger partial charge in [0.15, 0.2) is 5.43 Å². The van der Waals surface area contributed by atoms with Crippen LogP contribution < -0.4 is 5.43 Å². The van der Waals surface area contributed by atoms with E-state index in [9.17, 15) is 9.18 Å². The standard InChI is InChI=1S/C9H5FO.ClH/c10-7-3-1-6(2-4-7)8-5-9(8)11;/h1-5H;1H. The average molecular weight is 185 g/mol. The lowest BCUT2D eigenvalue weighted by atomic mass is 10.2. The smallest absolute Gasteiger partial charge is 0.187 e. The Hall–Kier alpha value is -1.15. The lowest BCUT2D eigenvalue weighted by Crippen LogP contribution is -1.77. The average Bonchev–Trinajstić information content (AvgIpc) is 2.69. The molecule has 62 valence electrons. The molecule has 0 aliphatic carbocycles. The summed E-state index contributed by atoms with van der Waals surface area (Å²) in [5.74, 6) is -0.276. The molecule has 0 saturated heterocycles. The Morgan fingerprint density at radius 2 is 1.58 bits per heavy atom. The van der Waals surface area contributed by atoms with Gasteiger partial charge < -0.3 is 0 Å². The fraction of sp³-hybridized carbons (Fsp3) is 0. The van der Waals surface area contributed by atoms with Crippen LogP contribution in [0.1, 0.15) is 0 Å². The highest BCUT2D eigenvalue weighted by Crippen LogP contribution is 2.18. The summed E-state index contributed by atoms with van der Waals surface area (Å²) in [6.07, 6.45) is 0. The van der Waals surface area contributed by atoms with Crippen molar-refractivity contribution >= 4 is 12.4 Å². The lowest BCUT2D eigenvalue weighted by Gasteiger charge is -1.89. The molecule has 0 aliphatic heterocycles. The van der Waals surface area contributed by atoms with E-state index in [0.29, 0.717) is 5.56 Å². The maximum atomic E-state index is 12.4. The highest BCUT2D eigenvalue weighted by molar-refractivity contribution is 5.85. The van der Waals surface area contributed by atoms with Crippen LogP contribution in [0.2, 0.25) is 0 Å². The Balaban J connectivity index is 0.000000720. The molecule has 0 amide bonds. The second-order valence-corrected chi connectivity index (χ2v) is 2.43. The van der Waals surface area contributed by atoms with Crippen LogP contribution in [0.4, 0.5) is 4.39 Å².